The van der Waals surface area contributed by atoms with Gasteiger partial charge in [-0.05, 0) is 36.5 Å². The molecule has 7 nitrogen and oxygen atoms in total. The lowest BCUT2D eigenvalue weighted by Crippen LogP contribution is -2.10. The van der Waals surface area contributed by atoms with Crippen molar-refractivity contribution in [3.8, 4) is 11.4 Å². The molecule has 1 heterocycles. The van der Waals surface area contributed by atoms with Crippen LogP contribution < -0.4 is 4.74 Å². The fraction of sp³-hybridized carbons (Fsp3) is 0.417. The first-order chi connectivity index (χ1) is 9.81. The van der Waals surface area contributed by atoms with E-state index in [1.165, 1.54) is 0 Å². The van der Waals surface area contributed by atoms with Gasteiger partial charge in [-0.3, -0.25) is 0 Å². The molecule has 0 fully saturated rings. The van der Waals surface area contributed by atoms with Crippen molar-refractivity contribution in [2.75, 3.05) is 33.5 Å². The topological polar surface area (TPSA) is 74.2 Å². The molecule has 0 spiro atoms. The summed E-state index contributed by atoms with van der Waals surface area (Å²) in [6.07, 6.45) is 0. The summed E-state index contributed by atoms with van der Waals surface area (Å²) in [5, 5.41) is 10.0. The zero-order chi connectivity index (χ0) is 14.2. The Morgan fingerprint density at radius 3 is 2.55 bits per heavy atom. The molecule has 1 N–H and O–H groups in total. The SMILES string of the molecule is COCCOCCOc1ccc(-n2[nH]nnc2=S)cc1. The minimum absolute atomic E-state index is 0.380. The lowest BCUT2D eigenvalue weighted by molar-refractivity contribution is 0.0544. The van der Waals surface area contributed by atoms with Gasteiger partial charge in [0.05, 0.1) is 25.5 Å². The van der Waals surface area contributed by atoms with Gasteiger partial charge in [-0.2, -0.15) is 5.21 Å². The minimum Gasteiger partial charge on any atom is -0.491 e. The molecule has 108 valence electrons. The van der Waals surface area contributed by atoms with Crippen molar-refractivity contribution < 1.29 is 14.2 Å². The Morgan fingerprint density at radius 2 is 1.90 bits per heavy atom. The number of hydrogen-bond acceptors (Lipinski definition) is 6. The molecule has 0 atom stereocenters. The second-order valence-electron chi connectivity index (χ2n) is 3.87. The highest BCUT2D eigenvalue weighted by molar-refractivity contribution is 7.71. The molecule has 8 heteroatoms. The molecule has 2 aromatic rings. The van der Waals surface area contributed by atoms with E-state index in [1.54, 1.807) is 11.8 Å². The van der Waals surface area contributed by atoms with Crippen LogP contribution in [-0.2, 0) is 9.47 Å². The molecule has 0 aliphatic rings. The van der Waals surface area contributed by atoms with Gasteiger partial charge in [0.15, 0.2) is 0 Å². The number of aromatic amines is 1. The van der Waals surface area contributed by atoms with Crippen LogP contribution in [0.5, 0.6) is 5.75 Å². The third-order valence-corrected chi connectivity index (χ3v) is 2.76. The standard InChI is InChI=1S/C12H16N4O3S/c1-17-6-7-18-8-9-19-11-4-2-10(3-5-11)16-12(20)13-14-15-16/h2-5H,6-9H2,1H3,(H,13,15,20). The lowest BCUT2D eigenvalue weighted by atomic mass is 10.3. The van der Waals surface area contributed by atoms with E-state index in [9.17, 15) is 0 Å². The maximum atomic E-state index is 5.55. The molecule has 1 aromatic heterocycles. The van der Waals surface area contributed by atoms with Crippen molar-refractivity contribution in [2.24, 2.45) is 0 Å². The zero-order valence-electron chi connectivity index (χ0n) is 11.1. The van der Waals surface area contributed by atoms with Crippen LogP contribution in [0.15, 0.2) is 24.3 Å². The Morgan fingerprint density at radius 1 is 1.15 bits per heavy atom. The first kappa shape index (κ1) is 14.6. The van der Waals surface area contributed by atoms with Gasteiger partial charge in [0.2, 0.25) is 4.77 Å². The summed E-state index contributed by atoms with van der Waals surface area (Å²) in [6, 6.07) is 7.45. The average molecular weight is 296 g/mol. The number of ether oxygens (including phenoxy) is 3. The number of nitrogens with one attached hydrogen (secondary N) is 1. The van der Waals surface area contributed by atoms with Crippen LogP contribution in [0, 0.1) is 4.77 Å². The van der Waals surface area contributed by atoms with E-state index in [4.69, 9.17) is 26.4 Å². The number of nitrogens with zero attached hydrogens (tertiary/aromatic N) is 3. The van der Waals surface area contributed by atoms with Crippen LogP contribution in [0.25, 0.3) is 5.69 Å². The number of H-pyrrole nitrogens is 1. The largest absolute Gasteiger partial charge is 0.491 e. The van der Waals surface area contributed by atoms with E-state index in [0.29, 0.717) is 31.2 Å². The summed E-state index contributed by atoms with van der Waals surface area (Å²) in [7, 11) is 1.64. The van der Waals surface area contributed by atoms with E-state index in [1.807, 2.05) is 24.3 Å². The van der Waals surface area contributed by atoms with Crippen LogP contribution >= 0.6 is 12.2 Å². The third kappa shape index (κ3) is 4.12. The van der Waals surface area contributed by atoms with Gasteiger partial charge in [-0.25, -0.2) is 4.68 Å². The molecular formula is C12H16N4O3S. The number of rotatable bonds is 8. The van der Waals surface area contributed by atoms with Crippen molar-refractivity contribution in [3.05, 3.63) is 29.0 Å². The van der Waals surface area contributed by atoms with Crippen LogP contribution in [-0.4, -0.2) is 53.7 Å². The molecule has 0 unspecified atom stereocenters. The van der Waals surface area contributed by atoms with Crippen molar-refractivity contribution in [1.82, 2.24) is 20.2 Å². The van der Waals surface area contributed by atoms with Gasteiger partial charge in [0.1, 0.15) is 12.4 Å². The molecular weight excluding hydrogens is 280 g/mol. The highest BCUT2D eigenvalue weighted by Gasteiger charge is 2.00. The monoisotopic (exact) mass is 296 g/mol. The molecule has 0 bridgehead atoms. The van der Waals surface area contributed by atoms with E-state index in [0.717, 1.165) is 11.4 Å². The van der Waals surface area contributed by atoms with E-state index in [2.05, 4.69) is 15.5 Å². The predicted octanol–water partition coefficient (Wildman–Crippen LogP) is 1.37. The predicted molar refractivity (Wildman–Crippen MR) is 74.7 cm³/mol. The van der Waals surface area contributed by atoms with Crippen LogP contribution in [0.3, 0.4) is 0 Å². The number of benzene rings is 1. The molecule has 20 heavy (non-hydrogen) atoms. The van der Waals surface area contributed by atoms with Gasteiger partial charge in [-0.1, -0.05) is 10.3 Å². The van der Waals surface area contributed by atoms with Crippen molar-refractivity contribution in [2.45, 2.75) is 0 Å². The number of hydrogen-bond donors (Lipinski definition) is 1. The number of methoxy groups -OCH3 is 1. The fourth-order valence-corrected chi connectivity index (χ4v) is 1.71. The zero-order valence-corrected chi connectivity index (χ0v) is 11.9. The minimum atomic E-state index is 0.380. The maximum absolute atomic E-state index is 5.55. The van der Waals surface area contributed by atoms with Crippen LogP contribution in [0.1, 0.15) is 0 Å². The molecule has 1 aromatic carbocycles. The van der Waals surface area contributed by atoms with Gasteiger partial charge in [0, 0.05) is 7.11 Å². The molecule has 0 aliphatic carbocycles. The summed E-state index contributed by atoms with van der Waals surface area (Å²) in [5.41, 5.74) is 0.851. The maximum Gasteiger partial charge on any atom is 0.242 e. The Labute approximate surface area is 121 Å². The highest BCUT2D eigenvalue weighted by Crippen LogP contribution is 2.14. The van der Waals surface area contributed by atoms with E-state index in [-0.39, 0.29) is 0 Å². The van der Waals surface area contributed by atoms with Crippen LogP contribution in [0.4, 0.5) is 0 Å². The van der Waals surface area contributed by atoms with Crippen molar-refractivity contribution >= 4 is 12.2 Å². The molecule has 2 rings (SSSR count). The van der Waals surface area contributed by atoms with E-state index >= 15 is 0 Å². The van der Waals surface area contributed by atoms with Gasteiger partial charge < -0.3 is 14.2 Å². The van der Waals surface area contributed by atoms with Gasteiger partial charge in [-0.15, -0.1) is 0 Å². The molecule has 0 saturated heterocycles. The average Bonchev–Trinajstić information content (AvgIpc) is 2.90. The summed E-state index contributed by atoms with van der Waals surface area (Å²) >= 11 is 5.02. The van der Waals surface area contributed by atoms with E-state index < -0.39 is 0 Å². The van der Waals surface area contributed by atoms with Crippen LogP contribution in [0.2, 0.25) is 0 Å². The summed E-state index contributed by atoms with van der Waals surface area (Å²) in [6.45, 7) is 2.19. The molecule has 0 radical (unpaired) electrons. The Hall–Kier alpha value is -1.77. The summed E-state index contributed by atoms with van der Waals surface area (Å²) in [4.78, 5) is 0. The fourth-order valence-electron chi connectivity index (χ4n) is 1.52. The second kappa shape index (κ2) is 7.73. The quantitative estimate of drug-likeness (QED) is 0.586. The summed E-state index contributed by atoms with van der Waals surface area (Å²) in [5.74, 6) is 0.767. The Kier molecular flexibility index (Phi) is 5.66. The first-order valence-corrected chi connectivity index (χ1v) is 6.52. The number of aromatic nitrogens is 4. The van der Waals surface area contributed by atoms with Crippen molar-refractivity contribution in [3.63, 3.8) is 0 Å². The highest BCUT2D eigenvalue weighted by atomic mass is 32.1. The van der Waals surface area contributed by atoms with Gasteiger partial charge >= 0.3 is 0 Å². The first-order valence-electron chi connectivity index (χ1n) is 6.11. The normalized spacial score (nSPS) is 10.7. The lowest BCUT2D eigenvalue weighted by Gasteiger charge is -2.07. The molecule has 0 aliphatic heterocycles. The van der Waals surface area contributed by atoms with Crippen molar-refractivity contribution in [1.29, 1.82) is 0 Å². The van der Waals surface area contributed by atoms with Gasteiger partial charge in [0.25, 0.3) is 0 Å². The number of tetrazole rings is 1. The smallest absolute Gasteiger partial charge is 0.242 e. The molecule has 0 saturated carbocycles. The second-order valence-corrected chi connectivity index (χ2v) is 4.23. The Bertz CT molecular complexity index is 567. The Balaban J connectivity index is 1.80. The third-order valence-electron chi connectivity index (χ3n) is 2.49. The molecule has 0 amide bonds. The summed E-state index contributed by atoms with van der Waals surface area (Å²) < 4.78 is 17.7.